The molecule has 1 heterocycles. The lowest BCUT2D eigenvalue weighted by molar-refractivity contribution is 0.219. The minimum absolute atomic E-state index is 0.0159. The first-order valence-corrected chi connectivity index (χ1v) is 6.07. The van der Waals surface area contributed by atoms with Gasteiger partial charge in [-0.2, -0.15) is 0 Å². The third-order valence-electron chi connectivity index (χ3n) is 2.76. The summed E-state index contributed by atoms with van der Waals surface area (Å²) in [6, 6.07) is 5.87. The molecule has 0 atom stereocenters. The highest BCUT2D eigenvalue weighted by molar-refractivity contribution is 6.33. The van der Waals surface area contributed by atoms with E-state index in [9.17, 15) is 4.79 Å². The number of aryl methyl sites for hydroxylation is 1. The summed E-state index contributed by atoms with van der Waals surface area (Å²) in [6.07, 6.45) is 0. The second-order valence-corrected chi connectivity index (χ2v) is 4.54. The molecular weight excluding hydrogens is 238 g/mol. The largest absolute Gasteiger partial charge is 0.382 e. The van der Waals surface area contributed by atoms with Crippen molar-refractivity contribution in [3.05, 3.63) is 28.8 Å². The highest BCUT2D eigenvalue weighted by Gasteiger charge is 2.18. The molecule has 92 valence electrons. The Hall–Kier alpha value is -1.42. The van der Waals surface area contributed by atoms with Gasteiger partial charge in [-0.1, -0.05) is 17.7 Å². The number of nitrogens with one attached hydrogen (secondary N) is 2. The molecule has 1 aromatic carbocycles. The molecule has 5 heteroatoms. The second kappa shape index (κ2) is 5.27. The number of rotatable bonds is 4. The summed E-state index contributed by atoms with van der Waals surface area (Å²) in [6.45, 7) is 4.94. The minimum Gasteiger partial charge on any atom is -0.382 e. The maximum Gasteiger partial charge on any atom is 0.317 e. The lowest BCUT2D eigenvalue weighted by Gasteiger charge is -2.15. The molecule has 4 nitrogen and oxygen atoms in total. The number of hydrogen-bond donors (Lipinski definition) is 2. The van der Waals surface area contributed by atoms with E-state index in [1.165, 1.54) is 0 Å². The van der Waals surface area contributed by atoms with Crippen molar-refractivity contribution in [2.45, 2.75) is 6.92 Å². The third-order valence-corrected chi connectivity index (χ3v) is 3.09. The van der Waals surface area contributed by atoms with Crippen LogP contribution < -0.4 is 10.6 Å². The number of anilines is 1. The van der Waals surface area contributed by atoms with Crippen molar-refractivity contribution in [1.29, 1.82) is 0 Å². The second-order valence-electron chi connectivity index (χ2n) is 4.13. The Balaban J connectivity index is 1.85. The molecule has 0 unspecified atom stereocenters. The summed E-state index contributed by atoms with van der Waals surface area (Å²) >= 11 is 6.06. The Kier molecular flexibility index (Phi) is 3.74. The van der Waals surface area contributed by atoms with Gasteiger partial charge in [0.2, 0.25) is 0 Å². The average molecular weight is 254 g/mol. The predicted molar refractivity (Wildman–Crippen MR) is 69.7 cm³/mol. The van der Waals surface area contributed by atoms with E-state index < -0.39 is 0 Å². The Morgan fingerprint density at radius 1 is 1.53 bits per heavy atom. The van der Waals surface area contributed by atoms with Crippen molar-refractivity contribution in [2.24, 2.45) is 0 Å². The lowest BCUT2D eigenvalue weighted by Crippen LogP contribution is -2.32. The highest BCUT2D eigenvalue weighted by atomic mass is 35.5. The van der Waals surface area contributed by atoms with Crippen LogP contribution in [0.4, 0.5) is 10.5 Å². The van der Waals surface area contributed by atoms with Gasteiger partial charge < -0.3 is 15.5 Å². The molecule has 1 fully saturated rings. The standard InChI is InChI=1S/C12H16ClN3O/c1-9-2-3-10(13)11(8-9)14-4-6-16-7-5-15-12(16)17/h2-3,8,14H,4-7H2,1H3,(H,15,17). The fourth-order valence-corrected chi connectivity index (χ4v) is 2.01. The SMILES string of the molecule is Cc1ccc(Cl)c(NCCN2CCNC2=O)c1. The number of halogens is 1. The molecule has 0 radical (unpaired) electrons. The van der Waals surface area contributed by atoms with Crippen molar-refractivity contribution in [2.75, 3.05) is 31.5 Å². The van der Waals surface area contributed by atoms with Crippen molar-refractivity contribution >= 4 is 23.3 Å². The van der Waals surface area contributed by atoms with Crippen LogP contribution in [0.25, 0.3) is 0 Å². The number of carbonyl (C=O) groups is 1. The number of amides is 2. The predicted octanol–water partition coefficient (Wildman–Crippen LogP) is 2.09. The van der Waals surface area contributed by atoms with Gasteiger partial charge in [0, 0.05) is 26.2 Å². The van der Waals surface area contributed by atoms with Crippen molar-refractivity contribution in [3.8, 4) is 0 Å². The van der Waals surface area contributed by atoms with Gasteiger partial charge in [-0.15, -0.1) is 0 Å². The van der Waals surface area contributed by atoms with Crippen LogP contribution in [0.5, 0.6) is 0 Å². The summed E-state index contributed by atoms with van der Waals surface area (Å²) in [5.74, 6) is 0. The van der Waals surface area contributed by atoms with Gasteiger partial charge in [0.25, 0.3) is 0 Å². The van der Waals surface area contributed by atoms with E-state index in [2.05, 4.69) is 10.6 Å². The smallest absolute Gasteiger partial charge is 0.317 e. The normalized spacial score (nSPS) is 14.9. The Morgan fingerprint density at radius 3 is 3.06 bits per heavy atom. The molecule has 1 aliphatic heterocycles. The number of hydrogen-bond acceptors (Lipinski definition) is 2. The molecule has 0 aromatic heterocycles. The number of carbonyl (C=O) groups excluding carboxylic acids is 1. The van der Waals surface area contributed by atoms with Crippen LogP contribution in [0.1, 0.15) is 5.56 Å². The quantitative estimate of drug-likeness (QED) is 0.863. The topological polar surface area (TPSA) is 44.4 Å². The molecule has 1 aliphatic rings. The van der Waals surface area contributed by atoms with Crippen LogP contribution in [-0.4, -0.2) is 37.1 Å². The van der Waals surface area contributed by atoms with Crippen LogP contribution in [0, 0.1) is 6.92 Å². The van der Waals surface area contributed by atoms with Gasteiger partial charge in [-0.25, -0.2) is 4.79 Å². The van der Waals surface area contributed by atoms with E-state index >= 15 is 0 Å². The summed E-state index contributed by atoms with van der Waals surface area (Å²) in [7, 11) is 0. The van der Waals surface area contributed by atoms with E-state index in [0.29, 0.717) is 18.1 Å². The number of benzene rings is 1. The van der Waals surface area contributed by atoms with Crippen LogP contribution in [0.3, 0.4) is 0 Å². The summed E-state index contributed by atoms with van der Waals surface area (Å²) in [5.41, 5.74) is 2.09. The average Bonchev–Trinajstić information content (AvgIpc) is 2.70. The van der Waals surface area contributed by atoms with E-state index in [-0.39, 0.29) is 6.03 Å². The Morgan fingerprint density at radius 2 is 2.35 bits per heavy atom. The van der Waals surface area contributed by atoms with Crippen molar-refractivity contribution in [1.82, 2.24) is 10.2 Å². The van der Waals surface area contributed by atoms with E-state index in [1.807, 2.05) is 25.1 Å². The third kappa shape index (κ3) is 3.03. The molecule has 2 amide bonds. The summed E-state index contributed by atoms with van der Waals surface area (Å²) < 4.78 is 0. The molecule has 17 heavy (non-hydrogen) atoms. The van der Waals surface area contributed by atoms with Gasteiger partial charge in [0.1, 0.15) is 0 Å². The van der Waals surface area contributed by atoms with Gasteiger partial charge in [0.05, 0.1) is 10.7 Å². The maximum absolute atomic E-state index is 11.3. The monoisotopic (exact) mass is 253 g/mol. The zero-order valence-corrected chi connectivity index (χ0v) is 10.5. The molecule has 0 aliphatic carbocycles. The van der Waals surface area contributed by atoms with E-state index in [0.717, 1.165) is 24.3 Å². The zero-order valence-electron chi connectivity index (χ0n) is 9.79. The fraction of sp³-hybridized carbons (Fsp3) is 0.417. The fourth-order valence-electron chi connectivity index (χ4n) is 1.82. The molecule has 2 rings (SSSR count). The number of urea groups is 1. The zero-order chi connectivity index (χ0) is 12.3. The molecular formula is C12H16ClN3O. The first-order valence-electron chi connectivity index (χ1n) is 5.69. The Labute approximate surface area is 106 Å². The minimum atomic E-state index is 0.0159. The molecule has 1 saturated heterocycles. The first-order chi connectivity index (χ1) is 8.16. The van der Waals surface area contributed by atoms with Gasteiger partial charge in [-0.3, -0.25) is 0 Å². The van der Waals surface area contributed by atoms with E-state index in [1.54, 1.807) is 4.90 Å². The van der Waals surface area contributed by atoms with Gasteiger partial charge >= 0.3 is 6.03 Å². The summed E-state index contributed by atoms with van der Waals surface area (Å²) in [5, 5.41) is 6.73. The highest BCUT2D eigenvalue weighted by Crippen LogP contribution is 2.22. The van der Waals surface area contributed by atoms with E-state index in [4.69, 9.17) is 11.6 Å². The molecule has 1 aromatic rings. The van der Waals surface area contributed by atoms with Crippen LogP contribution >= 0.6 is 11.6 Å². The number of nitrogens with zero attached hydrogens (tertiary/aromatic N) is 1. The first kappa shape index (κ1) is 12.0. The van der Waals surface area contributed by atoms with Crippen molar-refractivity contribution < 1.29 is 4.79 Å². The molecule has 0 saturated carbocycles. The molecule has 2 N–H and O–H groups in total. The van der Waals surface area contributed by atoms with Gasteiger partial charge in [-0.05, 0) is 24.6 Å². The van der Waals surface area contributed by atoms with Crippen LogP contribution in [0.15, 0.2) is 18.2 Å². The lowest BCUT2D eigenvalue weighted by atomic mass is 10.2. The van der Waals surface area contributed by atoms with Gasteiger partial charge in [0.15, 0.2) is 0 Å². The summed E-state index contributed by atoms with van der Waals surface area (Å²) in [4.78, 5) is 13.1. The molecule has 0 bridgehead atoms. The molecule has 0 spiro atoms. The van der Waals surface area contributed by atoms with Crippen LogP contribution in [0.2, 0.25) is 5.02 Å². The van der Waals surface area contributed by atoms with Crippen LogP contribution in [-0.2, 0) is 0 Å². The van der Waals surface area contributed by atoms with Crippen molar-refractivity contribution in [3.63, 3.8) is 0 Å². The maximum atomic E-state index is 11.3. The Bertz CT molecular complexity index is 422.